The Morgan fingerprint density at radius 1 is 0.969 bits per heavy atom. The molecule has 164 valence electrons. The van der Waals surface area contributed by atoms with Crippen LogP contribution >= 0.6 is 0 Å². The van der Waals surface area contributed by atoms with E-state index in [0.29, 0.717) is 17.4 Å². The largest absolute Gasteiger partial charge is 0.392 e. The summed E-state index contributed by atoms with van der Waals surface area (Å²) in [5, 5.41) is 8.78. The first-order valence-electron chi connectivity index (χ1n) is 10.6. The Bertz CT molecular complexity index is 1160. The van der Waals surface area contributed by atoms with Crippen LogP contribution in [0.25, 0.3) is 0 Å². The molecule has 0 radical (unpaired) electrons. The van der Waals surface area contributed by atoms with Gasteiger partial charge in [0.25, 0.3) is 11.7 Å². The molecule has 0 saturated carbocycles. The summed E-state index contributed by atoms with van der Waals surface area (Å²) in [6, 6.07) is 11.6. The standard InChI is InChI=1S/C24H25F2N6/c1-30-10-12-31(13-11-30)20-7-4-17(5-8-20)23-28-29-24-22(27)3-2-14-32(23,24)16-18-15-19(25)6-9-21(18)26/h2-9,14-15H,10-13,16,27H2,1H3/q+1. The Balaban J connectivity index is 1.49. The van der Waals surface area contributed by atoms with Gasteiger partial charge in [-0.05, 0) is 61.7 Å². The van der Waals surface area contributed by atoms with Crippen LogP contribution in [-0.4, -0.2) is 54.3 Å². The van der Waals surface area contributed by atoms with Crippen LogP contribution in [0.15, 0.2) is 76.7 Å². The fraction of sp³-hybridized carbons (Fsp3) is 0.250. The number of piperazine rings is 1. The monoisotopic (exact) mass is 435 g/mol. The molecule has 1 saturated heterocycles. The van der Waals surface area contributed by atoms with Crippen molar-refractivity contribution in [2.45, 2.75) is 6.54 Å². The third-order valence-electron chi connectivity index (χ3n) is 6.29. The smallest absolute Gasteiger partial charge is 0.281 e. The lowest BCUT2D eigenvalue weighted by Gasteiger charge is -2.34. The van der Waals surface area contributed by atoms with Gasteiger partial charge in [-0.25, -0.2) is 8.78 Å². The number of fused-ring (bicyclic) bond motifs is 1. The molecule has 32 heavy (non-hydrogen) atoms. The molecular formula is C24H25F2N6+. The summed E-state index contributed by atoms with van der Waals surface area (Å²) in [6.07, 6.45) is 5.43. The second kappa shape index (κ2) is 7.96. The van der Waals surface area contributed by atoms with E-state index in [1.807, 2.05) is 24.4 Å². The first-order valence-corrected chi connectivity index (χ1v) is 10.6. The Morgan fingerprint density at radius 2 is 1.69 bits per heavy atom. The number of quaternary nitrogens is 1. The third kappa shape index (κ3) is 3.51. The maximum atomic E-state index is 14.6. The van der Waals surface area contributed by atoms with Crippen molar-refractivity contribution >= 4 is 17.4 Å². The van der Waals surface area contributed by atoms with E-state index in [4.69, 9.17) is 5.73 Å². The molecule has 3 aliphatic heterocycles. The van der Waals surface area contributed by atoms with E-state index in [0.717, 1.165) is 49.6 Å². The van der Waals surface area contributed by atoms with Crippen LogP contribution in [0.3, 0.4) is 0 Å². The molecule has 5 rings (SSSR count). The summed E-state index contributed by atoms with van der Waals surface area (Å²) < 4.78 is 28.5. The number of rotatable bonds is 4. The van der Waals surface area contributed by atoms with Gasteiger partial charge in [0.2, 0.25) is 0 Å². The average Bonchev–Trinajstić information content (AvgIpc) is 3.17. The highest BCUT2D eigenvalue weighted by Gasteiger charge is 2.47. The maximum Gasteiger partial charge on any atom is 0.281 e. The predicted octanol–water partition coefficient (Wildman–Crippen LogP) is 3.18. The molecule has 0 amide bonds. The summed E-state index contributed by atoms with van der Waals surface area (Å²) in [7, 11) is 2.13. The van der Waals surface area contributed by atoms with Crippen molar-refractivity contribution in [1.29, 1.82) is 0 Å². The van der Waals surface area contributed by atoms with Crippen LogP contribution in [0.4, 0.5) is 14.5 Å². The molecule has 3 heterocycles. The van der Waals surface area contributed by atoms with Crippen molar-refractivity contribution in [1.82, 2.24) is 4.90 Å². The van der Waals surface area contributed by atoms with E-state index in [2.05, 4.69) is 39.2 Å². The SMILES string of the molecule is CN1CCN(c2ccc(C3=NN=C4C(N)=CC=C[N+]43Cc3cc(F)ccc3F)cc2)CC1. The minimum atomic E-state index is -0.489. The lowest BCUT2D eigenvalue weighted by molar-refractivity contribution is -0.701. The van der Waals surface area contributed by atoms with Crippen LogP contribution in [0.1, 0.15) is 11.1 Å². The average molecular weight is 436 g/mol. The van der Waals surface area contributed by atoms with Crippen molar-refractivity contribution in [3.05, 3.63) is 89.3 Å². The Kier molecular flexibility index (Phi) is 5.11. The summed E-state index contributed by atoms with van der Waals surface area (Å²) in [6.45, 7) is 4.13. The third-order valence-corrected chi connectivity index (χ3v) is 6.29. The number of nitrogens with zero attached hydrogens (tertiary/aromatic N) is 5. The Labute approximate surface area is 185 Å². The zero-order valence-corrected chi connectivity index (χ0v) is 17.9. The Hall–Kier alpha value is -3.36. The van der Waals surface area contributed by atoms with E-state index in [1.54, 1.807) is 6.08 Å². The highest BCUT2D eigenvalue weighted by molar-refractivity contribution is 6.09. The molecule has 3 aliphatic rings. The van der Waals surface area contributed by atoms with Gasteiger partial charge in [-0.15, -0.1) is 0 Å². The van der Waals surface area contributed by atoms with Gasteiger partial charge >= 0.3 is 0 Å². The van der Waals surface area contributed by atoms with Gasteiger partial charge in [0.15, 0.2) is 0 Å². The number of likely N-dealkylation sites (N-methyl/N-ethyl adjacent to an activating group) is 1. The highest BCUT2D eigenvalue weighted by Crippen LogP contribution is 2.33. The van der Waals surface area contributed by atoms with Crippen molar-refractivity contribution < 1.29 is 13.3 Å². The van der Waals surface area contributed by atoms with Gasteiger partial charge in [0, 0.05) is 37.4 Å². The molecule has 6 nitrogen and oxygen atoms in total. The van der Waals surface area contributed by atoms with Gasteiger partial charge in [0.1, 0.15) is 30.1 Å². The molecule has 2 aromatic rings. The molecule has 0 spiro atoms. The van der Waals surface area contributed by atoms with Gasteiger partial charge in [-0.2, -0.15) is 4.48 Å². The van der Waals surface area contributed by atoms with Gasteiger partial charge in [-0.1, -0.05) is 10.2 Å². The van der Waals surface area contributed by atoms with E-state index in [9.17, 15) is 8.78 Å². The molecule has 1 atom stereocenters. The van der Waals surface area contributed by atoms with Crippen LogP contribution in [0, 0.1) is 11.6 Å². The number of anilines is 1. The number of amidine groups is 2. The molecule has 2 N–H and O–H groups in total. The lowest BCUT2D eigenvalue weighted by atomic mass is 10.1. The first-order chi connectivity index (χ1) is 15.5. The number of allylic oxidation sites excluding steroid dienone is 2. The molecule has 0 aliphatic carbocycles. The minimum Gasteiger partial charge on any atom is -0.392 e. The molecular weight excluding hydrogens is 410 g/mol. The fourth-order valence-electron chi connectivity index (χ4n) is 4.46. The zero-order valence-electron chi connectivity index (χ0n) is 17.9. The van der Waals surface area contributed by atoms with Crippen molar-refractivity contribution in [3.8, 4) is 0 Å². The van der Waals surface area contributed by atoms with Crippen LogP contribution < -0.4 is 10.6 Å². The number of hydrogen-bond donors (Lipinski definition) is 1. The van der Waals surface area contributed by atoms with E-state index in [-0.39, 0.29) is 16.6 Å². The van der Waals surface area contributed by atoms with Crippen LogP contribution in [-0.2, 0) is 6.54 Å². The quantitative estimate of drug-likeness (QED) is 0.751. The summed E-state index contributed by atoms with van der Waals surface area (Å²) in [4.78, 5) is 4.67. The Morgan fingerprint density at radius 3 is 2.44 bits per heavy atom. The molecule has 0 bridgehead atoms. The summed E-state index contributed by atoms with van der Waals surface area (Å²) >= 11 is 0. The summed E-state index contributed by atoms with van der Waals surface area (Å²) in [5.41, 5.74) is 8.91. The van der Waals surface area contributed by atoms with E-state index >= 15 is 0 Å². The first kappa shape index (κ1) is 20.5. The number of nitrogens with two attached hydrogens (primary N) is 1. The molecule has 1 unspecified atom stereocenters. The second-order valence-electron chi connectivity index (χ2n) is 8.41. The topological polar surface area (TPSA) is 57.2 Å². The van der Waals surface area contributed by atoms with Crippen molar-refractivity contribution in [2.75, 3.05) is 38.1 Å². The highest BCUT2D eigenvalue weighted by atomic mass is 19.1. The number of halogens is 2. The zero-order chi connectivity index (χ0) is 22.3. The van der Waals surface area contributed by atoms with Crippen molar-refractivity contribution in [3.63, 3.8) is 0 Å². The number of benzene rings is 2. The minimum absolute atomic E-state index is 0.0105. The summed E-state index contributed by atoms with van der Waals surface area (Å²) in [5.74, 6) is 0.170. The van der Waals surface area contributed by atoms with Crippen LogP contribution in [0.2, 0.25) is 0 Å². The van der Waals surface area contributed by atoms with Crippen LogP contribution in [0.5, 0.6) is 0 Å². The van der Waals surface area contributed by atoms with E-state index in [1.165, 1.54) is 6.07 Å². The van der Waals surface area contributed by atoms with E-state index < -0.39 is 11.6 Å². The lowest BCUT2D eigenvalue weighted by Crippen LogP contribution is -2.53. The van der Waals surface area contributed by atoms with Gasteiger partial charge in [-0.3, -0.25) is 0 Å². The van der Waals surface area contributed by atoms with Gasteiger partial charge in [0.05, 0.1) is 5.56 Å². The molecule has 1 fully saturated rings. The number of hydrogen-bond acceptors (Lipinski definition) is 5. The fourth-order valence-corrected chi connectivity index (χ4v) is 4.46. The second-order valence-corrected chi connectivity index (χ2v) is 8.41. The molecule has 8 heteroatoms. The molecule has 2 aromatic carbocycles. The van der Waals surface area contributed by atoms with Crippen molar-refractivity contribution in [2.24, 2.45) is 15.9 Å². The van der Waals surface area contributed by atoms with Gasteiger partial charge < -0.3 is 15.5 Å². The molecule has 0 aromatic heterocycles. The normalized spacial score (nSPS) is 23.0. The maximum absolute atomic E-state index is 14.6. The predicted molar refractivity (Wildman–Crippen MR) is 122 cm³/mol.